The predicted octanol–water partition coefficient (Wildman–Crippen LogP) is 4.41. The lowest BCUT2D eigenvalue weighted by Gasteiger charge is -2.62. The number of carbonyl (C=O) groups excluding carboxylic acids is 2. The third-order valence-electron chi connectivity index (χ3n) is 9.75. The van der Waals surface area contributed by atoms with Gasteiger partial charge in [-0.15, -0.1) is 0 Å². The molecule has 34 heavy (non-hydrogen) atoms. The lowest BCUT2D eigenvalue weighted by atomic mass is 9.43. The average Bonchev–Trinajstić information content (AvgIpc) is 2.79. The first-order chi connectivity index (χ1) is 16.4. The quantitative estimate of drug-likeness (QED) is 0.523. The summed E-state index contributed by atoms with van der Waals surface area (Å²) in [6.45, 7) is 8.98. The first-order valence-corrected chi connectivity index (χ1v) is 14.2. The van der Waals surface area contributed by atoms with Gasteiger partial charge in [0.25, 0.3) is 0 Å². The second-order valence-electron chi connectivity index (χ2n) is 12.4. The molecule has 2 saturated heterocycles. The Morgan fingerprint density at radius 3 is 1.44 bits per heavy atom. The average molecular weight is 475 g/mol. The summed E-state index contributed by atoms with van der Waals surface area (Å²) in [6.07, 6.45) is 13.2. The van der Waals surface area contributed by atoms with Gasteiger partial charge in [0, 0.05) is 52.2 Å². The van der Waals surface area contributed by atoms with Crippen LogP contribution in [0, 0.1) is 22.7 Å². The highest BCUT2D eigenvalue weighted by Gasteiger charge is 2.58. The van der Waals surface area contributed by atoms with Crippen LogP contribution < -0.4 is 0 Å². The van der Waals surface area contributed by atoms with E-state index in [1.807, 2.05) is 13.8 Å². The highest BCUT2D eigenvalue weighted by Crippen LogP contribution is 2.67. The van der Waals surface area contributed by atoms with Gasteiger partial charge in [-0.3, -0.25) is 9.59 Å². The minimum Gasteiger partial charge on any atom is -0.378 e. The molecule has 2 aliphatic heterocycles. The van der Waals surface area contributed by atoms with E-state index in [4.69, 9.17) is 9.47 Å². The van der Waals surface area contributed by atoms with Crippen LogP contribution in [0.2, 0.25) is 0 Å². The fourth-order valence-corrected chi connectivity index (χ4v) is 8.94. The van der Waals surface area contributed by atoms with E-state index in [-0.39, 0.29) is 10.8 Å². The largest absolute Gasteiger partial charge is 0.378 e. The maximum Gasteiger partial charge on any atom is 0.223 e. The number of rotatable bonds is 8. The number of hydrogen-bond donors (Lipinski definition) is 0. The van der Waals surface area contributed by atoms with Crippen LogP contribution in [0.4, 0.5) is 0 Å². The fraction of sp³-hybridized carbons (Fsp3) is 0.929. The van der Waals surface area contributed by atoms with Crippen molar-refractivity contribution >= 4 is 11.8 Å². The number of amides is 2. The molecule has 6 nitrogen and oxygen atoms in total. The van der Waals surface area contributed by atoms with Gasteiger partial charge in [0.1, 0.15) is 0 Å². The van der Waals surface area contributed by atoms with Crippen LogP contribution in [0.5, 0.6) is 0 Å². The molecule has 0 spiro atoms. The van der Waals surface area contributed by atoms with E-state index in [1.165, 1.54) is 32.1 Å². The summed E-state index contributed by atoms with van der Waals surface area (Å²) in [6, 6.07) is 0. The smallest absolute Gasteiger partial charge is 0.223 e. The molecule has 0 unspecified atom stereocenters. The number of nitrogens with zero attached hydrogens (tertiary/aromatic N) is 2. The summed E-state index contributed by atoms with van der Waals surface area (Å²) in [5.41, 5.74) is 0.278. The van der Waals surface area contributed by atoms with Gasteiger partial charge in [0.15, 0.2) is 0 Å². The molecule has 6 aliphatic rings. The summed E-state index contributed by atoms with van der Waals surface area (Å²) in [4.78, 5) is 31.0. The van der Waals surface area contributed by atoms with Gasteiger partial charge < -0.3 is 19.3 Å². The number of carbonyl (C=O) groups is 2. The molecule has 4 aliphatic carbocycles. The first-order valence-electron chi connectivity index (χ1n) is 14.2. The molecule has 4 saturated carbocycles. The number of ether oxygens (including phenoxy) is 2. The molecular formula is C28H46N2O4. The molecule has 0 radical (unpaired) electrons. The van der Waals surface area contributed by atoms with E-state index in [2.05, 4.69) is 9.80 Å². The molecule has 6 heteroatoms. The third-order valence-corrected chi connectivity index (χ3v) is 9.75. The molecule has 0 aromatic rings. The van der Waals surface area contributed by atoms with Crippen molar-refractivity contribution in [1.29, 1.82) is 0 Å². The zero-order valence-corrected chi connectivity index (χ0v) is 21.6. The van der Waals surface area contributed by atoms with E-state index < -0.39 is 0 Å². The molecule has 192 valence electrons. The standard InChI is InChI=1S/C28H46N2O4/c1-3-33-23-5-9-29(10-6-23)25(31)18-27-14-21-13-22(15-27)17-28(16-21,20-27)19-26(32)30-11-7-24(8-12-30)34-4-2/h21-24H,3-20H2,1-2H3. The van der Waals surface area contributed by atoms with Gasteiger partial charge in [-0.25, -0.2) is 0 Å². The van der Waals surface area contributed by atoms with Crippen molar-refractivity contribution in [3.63, 3.8) is 0 Å². The number of piperidine rings is 2. The minimum absolute atomic E-state index is 0.139. The van der Waals surface area contributed by atoms with Gasteiger partial charge >= 0.3 is 0 Å². The van der Waals surface area contributed by atoms with E-state index in [1.54, 1.807) is 0 Å². The van der Waals surface area contributed by atoms with E-state index in [9.17, 15) is 9.59 Å². The SMILES string of the molecule is CCOC1CCN(C(=O)CC23CC4CC(C2)CC(CC(=O)N2CCC(OCC)CC2)(C4)C3)CC1. The summed E-state index contributed by atoms with van der Waals surface area (Å²) < 4.78 is 11.6. The molecular weight excluding hydrogens is 428 g/mol. The lowest BCUT2D eigenvalue weighted by Crippen LogP contribution is -2.55. The number of likely N-dealkylation sites (tertiary alicyclic amines) is 2. The van der Waals surface area contributed by atoms with Crippen LogP contribution >= 0.6 is 0 Å². The van der Waals surface area contributed by atoms with Crippen LogP contribution in [-0.2, 0) is 19.1 Å². The van der Waals surface area contributed by atoms with Crippen molar-refractivity contribution in [1.82, 2.24) is 9.80 Å². The molecule has 2 heterocycles. The van der Waals surface area contributed by atoms with Crippen molar-refractivity contribution < 1.29 is 19.1 Å². The molecule has 6 fully saturated rings. The predicted molar refractivity (Wildman–Crippen MR) is 131 cm³/mol. The van der Waals surface area contributed by atoms with Crippen molar-refractivity contribution in [3.05, 3.63) is 0 Å². The minimum atomic E-state index is 0.139. The summed E-state index contributed by atoms with van der Waals surface area (Å²) in [5.74, 6) is 2.15. The lowest BCUT2D eigenvalue weighted by molar-refractivity contribution is -0.156. The topological polar surface area (TPSA) is 59.1 Å². The first kappa shape index (κ1) is 24.5. The molecule has 0 atom stereocenters. The molecule has 6 rings (SSSR count). The van der Waals surface area contributed by atoms with Crippen LogP contribution in [0.1, 0.15) is 90.9 Å². The van der Waals surface area contributed by atoms with Crippen molar-refractivity contribution in [2.24, 2.45) is 22.7 Å². The van der Waals surface area contributed by atoms with Crippen molar-refractivity contribution in [2.75, 3.05) is 39.4 Å². The van der Waals surface area contributed by atoms with Gasteiger partial charge in [-0.2, -0.15) is 0 Å². The van der Waals surface area contributed by atoms with E-state index in [0.717, 1.165) is 71.5 Å². The zero-order chi connectivity index (χ0) is 23.8. The van der Waals surface area contributed by atoms with Crippen LogP contribution in [-0.4, -0.2) is 73.2 Å². The third kappa shape index (κ3) is 5.18. The Labute approximate surface area is 206 Å². The molecule has 0 aromatic heterocycles. The van der Waals surface area contributed by atoms with Gasteiger partial charge in [-0.1, -0.05) is 0 Å². The normalized spacial score (nSPS) is 36.3. The molecule has 4 bridgehead atoms. The Morgan fingerprint density at radius 2 is 1.09 bits per heavy atom. The highest BCUT2D eigenvalue weighted by molar-refractivity contribution is 5.78. The Morgan fingerprint density at radius 1 is 0.706 bits per heavy atom. The summed E-state index contributed by atoms with van der Waals surface area (Å²) in [5, 5.41) is 0. The monoisotopic (exact) mass is 474 g/mol. The molecule has 0 N–H and O–H groups in total. The second-order valence-corrected chi connectivity index (χ2v) is 12.4. The Kier molecular flexibility index (Phi) is 7.28. The van der Waals surface area contributed by atoms with Crippen LogP contribution in [0.3, 0.4) is 0 Å². The number of hydrogen-bond acceptors (Lipinski definition) is 4. The Bertz CT molecular complexity index is 667. The second kappa shape index (κ2) is 10.1. The van der Waals surface area contributed by atoms with Crippen molar-refractivity contribution in [3.8, 4) is 0 Å². The molecule has 2 amide bonds. The van der Waals surface area contributed by atoms with E-state index in [0.29, 0.717) is 48.7 Å². The Balaban J connectivity index is 1.20. The van der Waals surface area contributed by atoms with Gasteiger partial charge in [0.2, 0.25) is 11.8 Å². The maximum absolute atomic E-state index is 13.4. The summed E-state index contributed by atoms with van der Waals surface area (Å²) >= 11 is 0. The van der Waals surface area contributed by atoms with Crippen LogP contribution in [0.25, 0.3) is 0 Å². The Hall–Kier alpha value is -1.14. The fourth-order valence-electron chi connectivity index (χ4n) is 8.94. The van der Waals surface area contributed by atoms with Gasteiger partial charge in [0.05, 0.1) is 12.2 Å². The summed E-state index contributed by atoms with van der Waals surface area (Å²) in [7, 11) is 0. The zero-order valence-electron chi connectivity index (χ0n) is 21.6. The van der Waals surface area contributed by atoms with Crippen LogP contribution in [0.15, 0.2) is 0 Å². The van der Waals surface area contributed by atoms with Crippen molar-refractivity contribution in [2.45, 2.75) is 103 Å². The maximum atomic E-state index is 13.4. The highest BCUT2D eigenvalue weighted by atomic mass is 16.5. The molecule has 0 aromatic carbocycles. The van der Waals surface area contributed by atoms with Gasteiger partial charge in [-0.05, 0) is 101 Å². The van der Waals surface area contributed by atoms with E-state index >= 15 is 0 Å².